The summed E-state index contributed by atoms with van der Waals surface area (Å²) in [6, 6.07) is 10.5. The molecule has 0 unspecified atom stereocenters. The fourth-order valence-electron chi connectivity index (χ4n) is 3.93. The second-order valence-electron chi connectivity index (χ2n) is 8.11. The molecule has 0 spiro atoms. The van der Waals surface area contributed by atoms with E-state index >= 15 is 0 Å². The third-order valence-electron chi connectivity index (χ3n) is 5.52. The number of sulfonamides is 1. The fourth-order valence-corrected chi connectivity index (χ4v) is 6.37. The van der Waals surface area contributed by atoms with E-state index in [1.807, 2.05) is 26.0 Å². The lowest BCUT2D eigenvalue weighted by molar-refractivity contribution is 0.0709. The molecule has 0 radical (unpaired) electrons. The van der Waals surface area contributed by atoms with Gasteiger partial charge >= 0.3 is 0 Å². The number of aromatic nitrogens is 2. The summed E-state index contributed by atoms with van der Waals surface area (Å²) in [5.41, 5.74) is 2.27. The predicted molar refractivity (Wildman–Crippen MR) is 126 cm³/mol. The van der Waals surface area contributed by atoms with Crippen molar-refractivity contribution in [3.8, 4) is 5.69 Å². The minimum Gasteiger partial charge on any atom is -0.338 e. The monoisotopic (exact) mass is 492 g/mol. The first-order chi connectivity index (χ1) is 15.3. The van der Waals surface area contributed by atoms with Crippen LogP contribution in [0.15, 0.2) is 52.2 Å². The number of thiophene rings is 1. The van der Waals surface area contributed by atoms with E-state index in [2.05, 4.69) is 9.82 Å². The Hall–Kier alpha value is -2.20. The highest BCUT2D eigenvalue weighted by atomic mass is 35.5. The Balaban J connectivity index is 1.47. The van der Waals surface area contributed by atoms with E-state index in [1.165, 1.54) is 11.3 Å². The molecule has 1 aromatic carbocycles. The molecule has 4 rings (SSSR count). The largest absolute Gasteiger partial charge is 0.338 e. The number of nitrogens with zero attached hydrogens (tertiary/aromatic N) is 3. The van der Waals surface area contributed by atoms with Gasteiger partial charge in [0.15, 0.2) is 0 Å². The number of carbonyl (C=O) groups excluding carboxylic acids is 1. The average molecular weight is 493 g/mol. The zero-order chi connectivity index (χ0) is 22.9. The van der Waals surface area contributed by atoms with Crippen LogP contribution in [-0.4, -0.2) is 48.1 Å². The van der Waals surface area contributed by atoms with Gasteiger partial charge in [-0.3, -0.25) is 4.79 Å². The molecular weight excluding hydrogens is 468 g/mol. The topological polar surface area (TPSA) is 84.3 Å². The third-order valence-corrected chi connectivity index (χ3v) is 8.69. The summed E-state index contributed by atoms with van der Waals surface area (Å²) in [6.45, 7) is 5.04. The molecule has 0 aliphatic carbocycles. The van der Waals surface area contributed by atoms with Crippen molar-refractivity contribution in [2.45, 2.75) is 42.9 Å². The van der Waals surface area contributed by atoms with E-state index in [9.17, 15) is 13.2 Å². The molecule has 1 aliphatic heterocycles. The summed E-state index contributed by atoms with van der Waals surface area (Å²) in [5, 5.41) is 6.86. The number of rotatable bonds is 6. The summed E-state index contributed by atoms with van der Waals surface area (Å²) in [6.07, 6.45) is 2.76. The van der Waals surface area contributed by atoms with Crippen molar-refractivity contribution in [2.24, 2.45) is 0 Å². The van der Waals surface area contributed by atoms with E-state index in [-0.39, 0.29) is 17.9 Å². The number of piperidine rings is 1. The molecule has 0 atom stereocenters. The first-order valence-corrected chi connectivity index (χ1v) is 13.2. The van der Waals surface area contributed by atoms with Gasteiger partial charge in [-0.05, 0) is 54.5 Å². The van der Waals surface area contributed by atoms with Crippen molar-refractivity contribution in [1.82, 2.24) is 19.4 Å². The molecule has 3 aromatic rings. The Bertz CT molecular complexity index is 1180. The molecular formula is C22H25ClN4O3S2. The van der Waals surface area contributed by atoms with Gasteiger partial charge in [0.25, 0.3) is 5.91 Å². The normalized spacial score (nSPS) is 15.4. The van der Waals surface area contributed by atoms with Crippen LogP contribution < -0.4 is 4.72 Å². The van der Waals surface area contributed by atoms with Crippen LogP contribution in [0.25, 0.3) is 5.69 Å². The molecule has 0 bridgehead atoms. The first-order valence-electron chi connectivity index (χ1n) is 10.4. The maximum atomic E-state index is 13.3. The van der Waals surface area contributed by atoms with Crippen molar-refractivity contribution in [1.29, 1.82) is 0 Å². The molecule has 1 saturated heterocycles. The van der Waals surface area contributed by atoms with Gasteiger partial charge in [0, 0.05) is 24.2 Å². The smallest absolute Gasteiger partial charge is 0.257 e. The van der Waals surface area contributed by atoms with Gasteiger partial charge < -0.3 is 4.90 Å². The van der Waals surface area contributed by atoms with E-state index < -0.39 is 10.0 Å². The van der Waals surface area contributed by atoms with Crippen molar-refractivity contribution >= 4 is 38.9 Å². The maximum absolute atomic E-state index is 13.3. The molecule has 170 valence electrons. The summed E-state index contributed by atoms with van der Waals surface area (Å²) in [4.78, 5) is 15.1. The van der Waals surface area contributed by atoms with Crippen molar-refractivity contribution < 1.29 is 13.2 Å². The zero-order valence-corrected chi connectivity index (χ0v) is 20.3. The number of nitrogens with one attached hydrogen (secondary N) is 1. The summed E-state index contributed by atoms with van der Waals surface area (Å²) < 4.78 is 29.8. The molecule has 10 heteroatoms. The minimum atomic E-state index is -3.51. The van der Waals surface area contributed by atoms with Gasteiger partial charge in [-0.25, -0.2) is 17.8 Å². The van der Waals surface area contributed by atoms with Crippen molar-refractivity contribution in [3.05, 3.63) is 64.3 Å². The van der Waals surface area contributed by atoms with Crippen LogP contribution in [-0.2, 0) is 10.0 Å². The highest BCUT2D eigenvalue weighted by Crippen LogP contribution is 2.26. The zero-order valence-electron chi connectivity index (χ0n) is 17.9. The Morgan fingerprint density at radius 2 is 1.88 bits per heavy atom. The first kappa shape index (κ1) is 23.0. The van der Waals surface area contributed by atoms with E-state index in [0.29, 0.717) is 40.7 Å². The van der Waals surface area contributed by atoms with Crippen molar-refractivity contribution in [2.75, 3.05) is 13.1 Å². The Morgan fingerprint density at radius 3 is 2.47 bits per heavy atom. The number of carbonyl (C=O) groups is 1. The molecule has 1 N–H and O–H groups in total. The fraction of sp³-hybridized carbons (Fsp3) is 0.364. The highest BCUT2D eigenvalue weighted by molar-refractivity contribution is 7.91. The Kier molecular flexibility index (Phi) is 6.71. The van der Waals surface area contributed by atoms with E-state index in [0.717, 1.165) is 11.4 Å². The third kappa shape index (κ3) is 4.76. The van der Waals surface area contributed by atoms with Crippen LogP contribution in [0.2, 0.25) is 5.02 Å². The number of likely N-dealkylation sites (tertiary alicyclic amines) is 1. The SMILES string of the molecule is CC(C)c1c(C(=O)N2CCC(NS(=O)(=O)c3cccs3)CC2)cnn1-c1ccc(Cl)cc1. The molecule has 0 saturated carbocycles. The number of hydrogen-bond donors (Lipinski definition) is 1. The van der Waals surface area contributed by atoms with E-state index in [4.69, 9.17) is 11.6 Å². The summed E-state index contributed by atoms with van der Waals surface area (Å²) in [5.74, 6) is 0.00995. The van der Waals surface area contributed by atoms with Gasteiger partial charge in [0.2, 0.25) is 10.0 Å². The number of halogens is 1. The lowest BCUT2D eigenvalue weighted by Gasteiger charge is -2.32. The number of amides is 1. The van der Waals surface area contributed by atoms with E-state index in [1.54, 1.807) is 45.4 Å². The number of hydrogen-bond acceptors (Lipinski definition) is 5. The predicted octanol–water partition coefficient (Wildman–Crippen LogP) is 4.29. The lowest BCUT2D eigenvalue weighted by Crippen LogP contribution is -2.46. The van der Waals surface area contributed by atoms with Crippen LogP contribution >= 0.6 is 22.9 Å². The van der Waals surface area contributed by atoms with Crippen LogP contribution in [0.5, 0.6) is 0 Å². The molecule has 32 heavy (non-hydrogen) atoms. The van der Waals surface area contributed by atoms with Crippen molar-refractivity contribution in [3.63, 3.8) is 0 Å². The molecule has 3 heterocycles. The maximum Gasteiger partial charge on any atom is 0.257 e. The molecule has 2 aromatic heterocycles. The van der Waals surface area contributed by atoms with Crippen LogP contribution in [0.3, 0.4) is 0 Å². The van der Waals surface area contributed by atoms with Crippen LogP contribution in [0.1, 0.15) is 48.7 Å². The summed E-state index contributed by atoms with van der Waals surface area (Å²) >= 11 is 7.20. The minimum absolute atomic E-state index is 0.0755. The molecule has 1 aliphatic rings. The van der Waals surface area contributed by atoms with Crippen LogP contribution in [0, 0.1) is 0 Å². The standard InChI is InChI=1S/C22H25ClN4O3S2/c1-15(2)21-19(14-24-27(21)18-7-5-16(23)6-8-18)22(28)26-11-9-17(10-12-26)25-32(29,30)20-4-3-13-31-20/h3-8,13-15,17,25H,9-12H2,1-2H3. The van der Waals surface area contributed by atoms with Gasteiger partial charge in [-0.2, -0.15) is 5.10 Å². The number of benzene rings is 1. The summed E-state index contributed by atoms with van der Waals surface area (Å²) in [7, 11) is -3.51. The van der Waals surface area contributed by atoms with Gasteiger partial charge in [-0.1, -0.05) is 31.5 Å². The highest BCUT2D eigenvalue weighted by Gasteiger charge is 2.30. The molecule has 1 fully saturated rings. The van der Waals surface area contributed by atoms with Crippen LogP contribution in [0.4, 0.5) is 0 Å². The van der Waals surface area contributed by atoms with Gasteiger partial charge in [-0.15, -0.1) is 11.3 Å². The quantitative estimate of drug-likeness (QED) is 0.556. The lowest BCUT2D eigenvalue weighted by atomic mass is 10.0. The average Bonchev–Trinajstić information content (AvgIpc) is 3.45. The Labute approximate surface area is 197 Å². The Morgan fingerprint density at radius 1 is 1.19 bits per heavy atom. The second-order valence-corrected chi connectivity index (χ2v) is 11.4. The molecule has 1 amide bonds. The van der Waals surface area contributed by atoms with Gasteiger partial charge in [0.1, 0.15) is 4.21 Å². The second kappa shape index (κ2) is 9.35. The molecule has 7 nitrogen and oxygen atoms in total. The van der Waals surface area contributed by atoms with Gasteiger partial charge in [0.05, 0.1) is 23.1 Å².